The number of hydrogen-bond acceptors (Lipinski definition) is 3. The van der Waals surface area contributed by atoms with Gasteiger partial charge in [0, 0.05) is 12.4 Å². The van der Waals surface area contributed by atoms with Crippen molar-refractivity contribution in [3.05, 3.63) is 71.7 Å². The van der Waals surface area contributed by atoms with E-state index < -0.39 is 5.54 Å². The van der Waals surface area contributed by atoms with Crippen LogP contribution in [0, 0.1) is 0 Å². The summed E-state index contributed by atoms with van der Waals surface area (Å²) in [5.41, 5.74) is 2.64. The van der Waals surface area contributed by atoms with E-state index in [9.17, 15) is 9.59 Å². The van der Waals surface area contributed by atoms with Gasteiger partial charge in [-0.25, -0.2) is 9.78 Å². The van der Waals surface area contributed by atoms with Crippen LogP contribution < -0.4 is 5.32 Å². The topological polar surface area (TPSA) is 66.7 Å². The molecule has 5 rings (SSSR count). The number of rotatable bonds is 2. The van der Waals surface area contributed by atoms with E-state index in [2.05, 4.69) is 10.3 Å². The average molecular weight is 346 g/mol. The fourth-order valence-corrected chi connectivity index (χ4v) is 4.18. The van der Waals surface area contributed by atoms with Crippen LogP contribution >= 0.6 is 0 Å². The SMILES string of the molecule is O=C1NC2(CCCc3ccccc32)C(=O)N1Cc1cn2ccccc2n1. The van der Waals surface area contributed by atoms with Crippen LogP contribution in [0.5, 0.6) is 0 Å². The van der Waals surface area contributed by atoms with Gasteiger partial charge in [0.05, 0.1) is 12.2 Å². The molecule has 3 heterocycles. The lowest BCUT2D eigenvalue weighted by Gasteiger charge is -2.33. The average Bonchev–Trinajstić information content (AvgIpc) is 3.17. The zero-order valence-electron chi connectivity index (χ0n) is 14.2. The van der Waals surface area contributed by atoms with Gasteiger partial charge in [-0.05, 0) is 42.5 Å². The second-order valence-electron chi connectivity index (χ2n) is 6.94. The number of imidazole rings is 1. The Kier molecular flexibility index (Phi) is 3.16. The molecule has 26 heavy (non-hydrogen) atoms. The third-order valence-corrected chi connectivity index (χ3v) is 5.38. The number of nitrogens with one attached hydrogen (secondary N) is 1. The van der Waals surface area contributed by atoms with Crippen molar-refractivity contribution in [2.24, 2.45) is 0 Å². The van der Waals surface area contributed by atoms with E-state index >= 15 is 0 Å². The quantitative estimate of drug-likeness (QED) is 0.726. The monoisotopic (exact) mass is 346 g/mol. The third kappa shape index (κ3) is 2.08. The molecule has 0 saturated carbocycles. The van der Waals surface area contributed by atoms with Gasteiger partial charge in [-0.1, -0.05) is 30.3 Å². The maximum absolute atomic E-state index is 13.3. The number of carbonyl (C=O) groups excluding carboxylic acids is 2. The summed E-state index contributed by atoms with van der Waals surface area (Å²) in [7, 11) is 0. The molecule has 2 aliphatic rings. The molecule has 1 atom stereocenters. The predicted octanol–water partition coefficient (Wildman–Crippen LogP) is 2.62. The van der Waals surface area contributed by atoms with Crippen molar-refractivity contribution in [1.82, 2.24) is 19.6 Å². The number of imide groups is 1. The molecule has 1 aromatic carbocycles. The van der Waals surface area contributed by atoms with Gasteiger partial charge in [-0.15, -0.1) is 0 Å². The molecule has 2 aromatic heterocycles. The van der Waals surface area contributed by atoms with Crippen LogP contribution in [0.4, 0.5) is 4.79 Å². The number of benzene rings is 1. The van der Waals surface area contributed by atoms with E-state index in [1.165, 1.54) is 4.90 Å². The highest BCUT2D eigenvalue weighted by Gasteiger charge is 2.53. The molecule has 1 aliphatic carbocycles. The number of aryl methyl sites for hydroxylation is 1. The van der Waals surface area contributed by atoms with Crippen LogP contribution in [0.2, 0.25) is 0 Å². The lowest BCUT2D eigenvalue weighted by molar-refractivity contribution is -0.132. The van der Waals surface area contributed by atoms with Crippen LogP contribution in [0.3, 0.4) is 0 Å². The molecule has 3 amide bonds. The Morgan fingerprint density at radius 1 is 1.12 bits per heavy atom. The van der Waals surface area contributed by atoms with Crippen LogP contribution in [0.15, 0.2) is 54.9 Å². The Balaban J connectivity index is 1.51. The molecule has 1 unspecified atom stereocenters. The van der Waals surface area contributed by atoms with Gasteiger partial charge in [0.15, 0.2) is 0 Å². The first-order valence-electron chi connectivity index (χ1n) is 8.82. The van der Waals surface area contributed by atoms with Crippen molar-refractivity contribution >= 4 is 17.6 Å². The molecular formula is C20H18N4O2. The Bertz CT molecular complexity index is 1010. The van der Waals surface area contributed by atoms with E-state index in [0.29, 0.717) is 12.1 Å². The van der Waals surface area contributed by atoms with Crippen molar-refractivity contribution in [3.63, 3.8) is 0 Å². The third-order valence-electron chi connectivity index (χ3n) is 5.38. The molecule has 6 nitrogen and oxygen atoms in total. The summed E-state index contributed by atoms with van der Waals surface area (Å²) >= 11 is 0. The van der Waals surface area contributed by atoms with Crippen molar-refractivity contribution < 1.29 is 9.59 Å². The fourth-order valence-electron chi connectivity index (χ4n) is 4.18. The van der Waals surface area contributed by atoms with E-state index in [0.717, 1.165) is 29.6 Å². The zero-order chi connectivity index (χ0) is 17.7. The minimum atomic E-state index is -0.926. The van der Waals surface area contributed by atoms with Gasteiger partial charge >= 0.3 is 6.03 Å². The molecule has 1 saturated heterocycles. The number of hydrogen-bond donors (Lipinski definition) is 1. The molecular weight excluding hydrogens is 328 g/mol. The number of fused-ring (bicyclic) bond motifs is 3. The summed E-state index contributed by atoms with van der Waals surface area (Å²) in [6.07, 6.45) is 6.21. The van der Waals surface area contributed by atoms with E-state index in [1.807, 2.05) is 59.3 Å². The largest absolute Gasteiger partial charge is 0.325 e. The van der Waals surface area contributed by atoms with E-state index in [4.69, 9.17) is 0 Å². The Morgan fingerprint density at radius 2 is 1.96 bits per heavy atom. The summed E-state index contributed by atoms with van der Waals surface area (Å²) in [5, 5.41) is 2.98. The number of nitrogens with zero attached hydrogens (tertiary/aromatic N) is 3. The summed E-state index contributed by atoms with van der Waals surface area (Å²) in [4.78, 5) is 31.7. The molecule has 3 aromatic rings. The number of pyridine rings is 1. The fraction of sp³-hybridized carbons (Fsp3) is 0.250. The Hall–Kier alpha value is -3.15. The Labute approximate surface area is 150 Å². The highest BCUT2D eigenvalue weighted by Crippen LogP contribution is 2.40. The smallest absolute Gasteiger partial charge is 0.319 e. The first-order chi connectivity index (χ1) is 12.7. The lowest BCUT2D eigenvalue weighted by atomic mass is 9.76. The number of aromatic nitrogens is 2. The molecule has 1 fully saturated rings. The Morgan fingerprint density at radius 3 is 2.85 bits per heavy atom. The zero-order valence-corrected chi connectivity index (χ0v) is 14.2. The van der Waals surface area contributed by atoms with E-state index in [-0.39, 0.29) is 18.5 Å². The van der Waals surface area contributed by atoms with Crippen LogP contribution in [0.25, 0.3) is 5.65 Å². The predicted molar refractivity (Wildman–Crippen MR) is 95.3 cm³/mol. The number of urea groups is 1. The van der Waals surface area contributed by atoms with Gasteiger partial charge in [0.25, 0.3) is 5.91 Å². The minimum Gasteiger partial charge on any atom is -0.319 e. The highest BCUT2D eigenvalue weighted by atomic mass is 16.2. The van der Waals surface area contributed by atoms with Crippen LogP contribution in [0.1, 0.15) is 29.7 Å². The molecule has 0 radical (unpaired) electrons. The maximum Gasteiger partial charge on any atom is 0.325 e. The molecule has 6 heteroatoms. The normalized spacial score (nSPS) is 22.1. The van der Waals surface area contributed by atoms with Gasteiger partial charge in [-0.2, -0.15) is 0 Å². The number of carbonyl (C=O) groups is 2. The van der Waals surface area contributed by atoms with Gasteiger partial charge < -0.3 is 9.72 Å². The molecule has 1 spiro atoms. The van der Waals surface area contributed by atoms with Crippen LogP contribution in [-0.4, -0.2) is 26.2 Å². The van der Waals surface area contributed by atoms with Gasteiger partial charge in [-0.3, -0.25) is 9.69 Å². The summed E-state index contributed by atoms with van der Waals surface area (Å²) in [6.45, 7) is 0.177. The van der Waals surface area contributed by atoms with Gasteiger partial charge in [0.1, 0.15) is 11.2 Å². The van der Waals surface area contributed by atoms with Crippen molar-refractivity contribution in [2.45, 2.75) is 31.3 Å². The standard InChI is InChI=1S/C20H18N4O2/c25-18-20(10-5-7-14-6-1-2-8-16(14)20)22-19(26)24(18)13-15-12-23-11-4-3-9-17(23)21-15/h1-4,6,8-9,11-12H,5,7,10,13H2,(H,22,26). The van der Waals surface area contributed by atoms with Gasteiger partial charge in [0.2, 0.25) is 0 Å². The van der Waals surface area contributed by atoms with Crippen molar-refractivity contribution in [1.29, 1.82) is 0 Å². The maximum atomic E-state index is 13.3. The minimum absolute atomic E-state index is 0.174. The van der Waals surface area contributed by atoms with Crippen LogP contribution in [-0.2, 0) is 23.3 Å². The van der Waals surface area contributed by atoms with Crippen molar-refractivity contribution in [3.8, 4) is 0 Å². The van der Waals surface area contributed by atoms with Crippen molar-refractivity contribution in [2.75, 3.05) is 0 Å². The lowest BCUT2D eigenvalue weighted by Crippen LogP contribution is -2.46. The molecule has 0 bridgehead atoms. The summed E-state index contributed by atoms with van der Waals surface area (Å²) in [5.74, 6) is -0.174. The molecule has 130 valence electrons. The first kappa shape index (κ1) is 15.1. The molecule has 1 aliphatic heterocycles. The summed E-state index contributed by atoms with van der Waals surface area (Å²) in [6, 6.07) is 13.3. The second kappa shape index (κ2) is 5.42. The molecule has 1 N–H and O–H groups in total. The van der Waals surface area contributed by atoms with E-state index in [1.54, 1.807) is 0 Å². The second-order valence-corrected chi connectivity index (χ2v) is 6.94. The summed E-state index contributed by atoms with van der Waals surface area (Å²) < 4.78 is 1.89. The number of amides is 3. The first-order valence-corrected chi connectivity index (χ1v) is 8.82. The highest BCUT2D eigenvalue weighted by molar-refractivity contribution is 6.07.